The molecule has 6 nitrogen and oxygen atoms in total. The molecule has 0 atom stereocenters. The fourth-order valence-electron chi connectivity index (χ4n) is 1.64. The van der Waals surface area contributed by atoms with Gasteiger partial charge in [-0.2, -0.15) is 0 Å². The molecule has 0 unspecified atom stereocenters. The van der Waals surface area contributed by atoms with E-state index in [4.69, 9.17) is 9.47 Å². The Bertz CT molecular complexity index is 513. The Labute approximate surface area is 137 Å². The summed E-state index contributed by atoms with van der Waals surface area (Å²) in [4.78, 5) is 34.7. The van der Waals surface area contributed by atoms with Gasteiger partial charge in [-0.05, 0) is 26.0 Å². The van der Waals surface area contributed by atoms with Gasteiger partial charge in [-0.3, -0.25) is 9.59 Å². The van der Waals surface area contributed by atoms with E-state index in [0.717, 1.165) is 0 Å². The normalized spacial score (nSPS) is 9.22. The van der Waals surface area contributed by atoms with Crippen LogP contribution in [0.15, 0.2) is 24.3 Å². The highest BCUT2D eigenvalue weighted by molar-refractivity contribution is 6.01. The highest BCUT2D eigenvalue weighted by Crippen LogP contribution is 2.16. The third-order valence-electron chi connectivity index (χ3n) is 2.56. The first-order valence-electron chi connectivity index (χ1n) is 7.80. The van der Waals surface area contributed by atoms with Crippen molar-refractivity contribution in [3.63, 3.8) is 0 Å². The summed E-state index contributed by atoms with van der Waals surface area (Å²) in [5.74, 6) is -1.29. The Morgan fingerprint density at radius 3 is 2.17 bits per heavy atom. The van der Waals surface area contributed by atoms with Crippen LogP contribution in [-0.4, -0.2) is 31.1 Å². The number of carbonyl (C=O) groups is 3. The van der Waals surface area contributed by atoms with Crippen LogP contribution in [0, 0.1) is 0 Å². The summed E-state index contributed by atoms with van der Waals surface area (Å²) in [5, 5.41) is 2.60. The van der Waals surface area contributed by atoms with E-state index in [1.54, 1.807) is 38.1 Å². The fourth-order valence-corrected chi connectivity index (χ4v) is 1.64. The van der Waals surface area contributed by atoms with Crippen LogP contribution in [0.1, 0.15) is 50.9 Å². The molecular weight excluding hydrogens is 298 g/mol. The summed E-state index contributed by atoms with van der Waals surface area (Å²) in [6, 6.07) is 6.55. The smallest absolute Gasteiger partial charge is 0.340 e. The summed E-state index contributed by atoms with van der Waals surface area (Å²) in [6.45, 7) is 7.95. The van der Waals surface area contributed by atoms with Crippen molar-refractivity contribution in [3.05, 3.63) is 29.8 Å². The number of para-hydroxylation sites is 1. The Balaban J connectivity index is 0.00000232. The molecule has 1 aromatic rings. The standard InChI is InChI=1S/C15H19NO5.C2H6/c1-3-20-14(18)10-9-13(17)16-12-8-6-5-7-11(12)15(19)21-4-2;1-2/h5-8H,3-4,9-10H2,1-2H3,(H,16,17);1-2H3. The maximum atomic E-state index is 11.8. The van der Waals surface area contributed by atoms with E-state index in [9.17, 15) is 14.4 Å². The summed E-state index contributed by atoms with van der Waals surface area (Å²) < 4.78 is 9.66. The van der Waals surface area contributed by atoms with Crippen molar-refractivity contribution in [2.75, 3.05) is 18.5 Å². The monoisotopic (exact) mass is 323 g/mol. The van der Waals surface area contributed by atoms with Crippen LogP contribution < -0.4 is 5.32 Å². The molecule has 128 valence electrons. The minimum Gasteiger partial charge on any atom is -0.466 e. The van der Waals surface area contributed by atoms with E-state index in [-0.39, 0.29) is 37.5 Å². The molecule has 0 fully saturated rings. The molecule has 1 amide bonds. The number of ether oxygens (including phenoxy) is 2. The second kappa shape index (κ2) is 12.2. The Morgan fingerprint density at radius 2 is 1.57 bits per heavy atom. The first-order chi connectivity index (χ1) is 11.1. The molecule has 23 heavy (non-hydrogen) atoms. The maximum Gasteiger partial charge on any atom is 0.340 e. The fraction of sp³-hybridized carbons (Fsp3) is 0.471. The second-order valence-electron chi connectivity index (χ2n) is 4.12. The molecule has 0 saturated carbocycles. The van der Waals surface area contributed by atoms with Crippen molar-refractivity contribution >= 4 is 23.5 Å². The first kappa shape index (κ1) is 20.6. The van der Waals surface area contributed by atoms with Gasteiger partial charge in [-0.25, -0.2) is 4.79 Å². The van der Waals surface area contributed by atoms with Crippen molar-refractivity contribution in [2.24, 2.45) is 0 Å². The average molecular weight is 323 g/mol. The van der Waals surface area contributed by atoms with Crippen LogP contribution >= 0.6 is 0 Å². The SMILES string of the molecule is CC.CCOC(=O)CCC(=O)Nc1ccccc1C(=O)OCC. The zero-order chi connectivity index (χ0) is 17.7. The van der Waals surface area contributed by atoms with Gasteiger partial charge >= 0.3 is 11.9 Å². The van der Waals surface area contributed by atoms with Crippen molar-refractivity contribution in [1.29, 1.82) is 0 Å². The molecule has 6 heteroatoms. The van der Waals surface area contributed by atoms with Crippen LogP contribution in [0.2, 0.25) is 0 Å². The van der Waals surface area contributed by atoms with E-state index in [1.807, 2.05) is 13.8 Å². The molecule has 0 aliphatic carbocycles. The molecule has 0 bridgehead atoms. The van der Waals surface area contributed by atoms with Gasteiger partial charge in [0.1, 0.15) is 0 Å². The summed E-state index contributed by atoms with van der Waals surface area (Å²) >= 11 is 0. The number of amides is 1. The van der Waals surface area contributed by atoms with Gasteiger partial charge in [-0.15, -0.1) is 0 Å². The lowest BCUT2D eigenvalue weighted by molar-refractivity contribution is -0.144. The lowest BCUT2D eigenvalue weighted by atomic mass is 10.1. The van der Waals surface area contributed by atoms with Gasteiger partial charge < -0.3 is 14.8 Å². The van der Waals surface area contributed by atoms with Gasteiger partial charge in [0.05, 0.1) is 30.9 Å². The molecule has 1 rings (SSSR count). The quantitative estimate of drug-likeness (QED) is 0.779. The predicted octanol–water partition coefficient (Wildman–Crippen LogP) is 3.17. The Kier molecular flexibility index (Phi) is 10.9. The largest absolute Gasteiger partial charge is 0.466 e. The van der Waals surface area contributed by atoms with Crippen LogP contribution in [0.5, 0.6) is 0 Å². The van der Waals surface area contributed by atoms with E-state index in [1.165, 1.54) is 0 Å². The molecule has 0 saturated heterocycles. The van der Waals surface area contributed by atoms with E-state index < -0.39 is 11.9 Å². The van der Waals surface area contributed by atoms with Crippen molar-refractivity contribution in [3.8, 4) is 0 Å². The molecule has 0 radical (unpaired) electrons. The van der Waals surface area contributed by atoms with Crippen LogP contribution in [-0.2, 0) is 19.1 Å². The highest BCUT2D eigenvalue weighted by atomic mass is 16.5. The van der Waals surface area contributed by atoms with Crippen molar-refractivity contribution < 1.29 is 23.9 Å². The minimum atomic E-state index is -0.501. The van der Waals surface area contributed by atoms with Crippen molar-refractivity contribution in [1.82, 2.24) is 0 Å². The highest BCUT2D eigenvalue weighted by Gasteiger charge is 2.14. The lowest BCUT2D eigenvalue weighted by Crippen LogP contribution is -2.17. The van der Waals surface area contributed by atoms with Gasteiger partial charge in [0.2, 0.25) is 5.91 Å². The van der Waals surface area contributed by atoms with Crippen LogP contribution in [0.3, 0.4) is 0 Å². The van der Waals surface area contributed by atoms with Gasteiger partial charge in [0.15, 0.2) is 0 Å². The lowest BCUT2D eigenvalue weighted by Gasteiger charge is -2.10. The molecular formula is C17H25NO5. The minimum absolute atomic E-state index is 0.00124. The van der Waals surface area contributed by atoms with E-state index in [2.05, 4.69) is 5.32 Å². The summed E-state index contributed by atoms with van der Waals surface area (Å²) in [7, 11) is 0. The maximum absolute atomic E-state index is 11.8. The Hall–Kier alpha value is -2.37. The number of benzene rings is 1. The first-order valence-corrected chi connectivity index (χ1v) is 7.80. The number of esters is 2. The number of carbonyl (C=O) groups excluding carboxylic acids is 3. The zero-order valence-electron chi connectivity index (χ0n) is 14.2. The third-order valence-corrected chi connectivity index (χ3v) is 2.56. The van der Waals surface area contributed by atoms with Crippen molar-refractivity contribution in [2.45, 2.75) is 40.5 Å². The molecule has 0 spiro atoms. The Morgan fingerprint density at radius 1 is 0.957 bits per heavy atom. The van der Waals surface area contributed by atoms with E-state index in [0.29, 0.717) is 5.69 Å². The molecule has 0 aliphatic heterocycles. The number of hydrogen-bond donors (Lipinski definition) is 1. The molecule has 0 heterocycles. The van der Waals surface area contributed by atoms with Gasteiger partial charge in [0.25, 0.3) is 0 Å². The van der Waals surface area contributed by atoms with Crippen LogP contribution in [0.25, 0.3) is 0 Å². The van der Waals surface area contributed by atoms with Gasteiger partial charge in [-0.1, -0.05) is 26.0 Å². The van der Waals surface area contributed by atoms with E-state index >= 15 is 0 Å². The predicted molar refractivity (Wildman–Crippen MR) is 88.2 cm³/mol. The van der Waals surface area contributed by atoms with Gasteiger partial charge in [0, 0.05) is 6.42 Å². The second-order valence-corrected chi connectivity index (χ2v) is 4.12. The zero-order valence-corrected chi connectivity index (χ0v) is 14.2. The molecule has 1 N–H and O–H groups in total. The average Bonchev–Trinajstić information content (AvgIpc) is 2.56. The number of rotatable bonds is 7. The summed E-state index contributed by atoms with van der Waals surface area (Å²) in [5.41, 5.74) is 0.647. The third kappa shape index (κ3) is 7.99. The van der Waals surface area contributed by atoms with Crippen LogP contribution in [0.4, 0.5) is 5.69 Å². The molecule has 0 aliphatic rings. The number of nitrogens with one attached hydrogen (secondary N) is 1. The molecule has 0 aromatic heterocycles. The molecule has 1 aromatic carbocycles. The topological polar surface area (TPSA) is 81.7 Å². The number of hydrogen-bond acceptors (Lipinski definition) is 5. The number of anilines is 1. The summed E-state index contributed by atoms with van der Waals surface area (Å²) in [6.07, 6.45) is -0.00274.